The van der Waals surface area contributed by atoms with Gasteiger partial charge in [-0.2, -0.15) is 0 Å². The van der Waals surface area contributed by atoms with Crippen molar-refractivity contribution in [3.63, 3.8) is 0 Å². The zero-order valence-electron chi connectivity index (χ0n) is 14.5. The molecule has 3 rings (SSSR count). The second kappa shape index (κ2) is 7.99. The number of likely N-dealkylation sites (tertiary alicyclic amines) is 1. The SMILES string of the molecule is COC1CCOC2(CCN(C(=O)NCCc3ccccc3)CC2)C1. The molecule has 2 amide bonds. The molecule has 0 bridgehead atoms. The normalized spacial score (nSPS) is 23.2. The molecule has 2 saturated heterocycles. The summed E-state index contributed by atoms with van der Waals surface area (Å²) < 4.78 is 11.6. The predicted molar refractivity (Wildman–Crippen MR) is 93.1 cm³/mol. The third-order valence-electron chi connectivity index (χ3n) is 5.28. The van der Waals surface area contributed by atoms with E-state index in [0.717, 1.165) is 51.8 Å². The van der Waals surface area contributed by atoms with Gasteiger partial charge in [-0.25, -0.2) is 4.79 Å². The molecule has 0 radical (unpaired) electrons. The van der Waals surface area contributed by atoms with E-state index < -0.39 is 0 Å². The predicted octanol–water partition coefficient (Wildman–Crippen LogP) is 2.60. The Kier molecular flexibility index (Phi) is 5.74. The lowest BCUT2D eigenvalue weighted by molar-refractivity contribution is -0.145. The largest absolute Gasteiger partial charge is 0.381 e. The Morgan fingerprint density at radius 2 is 2.08 bits per heavy atom. The molecule has 0 aromatic heterocycles. The molecule has 0 saturated carbocycles. The Morgan fingerprint density at radius 3 is 2.79 bits per heavy atom. The molecule has 2 fully saturated rings. The van der Waals surface area contributed by atoms with Crippen LogP contribution in [0.25, 0.3) is 0 Å². The zero-order chi connectivity index (χ0) is 16.8. The molecule has 5 heteroatoms. The van der Waals surface area contributed by atoms with Gasteiger partial charge < -0.3 is 19.7 Å². The molecule has 1 N–H and O–H groups in total. The van der Waals surface area contributed by atoms with E-state index in [0.29, 0.717) is 12.6 Å². The number of carbonyl (C=O) groups is 1. The monoisotopic (exact) mass is 332 g/mol. The summed E-state index contributed by atoms with van der Waals surface area (Å²) in [5.41, 5.74) is 1.16. The summed E-state index contributed by atoms with van der Waals surface area (Å²) in [6, 6.07) is 10.3. The first-order valence-electron chi connectivity index (χ1n) is 8.94. The fraction of sp³-hybridized carbons (Fsp3) is 0.632. The molecule has 0 aliphatic carbocycles. The Balaban J connectivity index is 1.42. The van der Waals surface area contributed by atoms with Crippen molar-refractivity contribution in [1.29, 1.82) is 0 Å². The van der Waals surface area contributed by atoms with Crippen LogP contribution in [0.5, 0.6) is 0 Å². The van der Waals surface area contributed by atoms with E-state index in [4.69, 9.17) is 9.47 Å². The molecule has 1 aromatic rings. The van der Waals surface area contributed by atoms with Gasteiger partial charge in [-0.1, -0.05) is 30.3 Å². The molecule has 132 valence electrons. The molecule has 1 aromatic carbocycles. The smallest absolute Gasteiger partial charge is 0.317 e. The summed E-state index contributed by atoms with van der Waals surface area (Å²) in [5.74, 6) is 0. The molecule has 1 spiro atoms. The molecule has 2 heterocycles. The lowest BCUT2D eigenvalue weighted by Crippen LogP contribution is -2.53. The molecular formula is C19H28N2O3. The van der Waals surface area contributed by atoms with Gasteiger partial charge in [0.15, 0.2) is 0 Å². The van der Waals surface area contributed by atoms with Crippen LogP contribution in [-0.4, -0.2) is 56.0 Å². The van der Waals surface area contributed by atoms with Crippen molar-refractivity contribution in [2.45, 2.75) is 43.8 Å². The summed E-state index contributed by atoms with van der Waals surface area (Å²) in [6.07, 6.45) is 4.89. The van der Waals surface area contributed by atoms with Crippen LogP contribution in [0.1, 0.15) is 31.2 Å². The van der Waals surface area contributed by atoms with E-state index in [1.165, 1.54) is 5.56 Å². The fourth-order valence-corrected chi connectivity index (χ4v) is 3.72. The maximum Gasteiger partial charge on any atom is 0.317 e. The second-order valence-electron chi connectivity index (χ2n) is 6.84. The zero-order valence-corrected chi connectivity index (χ0v) is 14.5. The topological polar surface area (TPSA) is 50.8 Å². The van der Waals surface area contributed by atoms with Crippen molar-refractivity contribution in [1.82, 2.24) is 10.2 Å². The van der Waals surface area contributed by atoms with Crippen LogP contribution in [0.3, 0.4) is 0 Å². The summed E-state index contributed by atoms with van der Waals surface area (Å²) >= 11 is 0. The Bertz CT molecular complexity index is 527. The summed E-state index contributed by atoms with van der Waals surface area (Å²) in [7, 11) is 1.78. The molecule has 1 atom stereocenters. The van der Waals surface area contributed by atoms with Crippen molar-refractivity contribution in [3.05, 3.63) is 35.9 Å². The van der Waals surface area contributed by atoms with Gasteiger partial charge >= 0.3 is 6.03 Å². The van der Waals surface area contributed by atoms with E-state index in [1.54, 1.807) is 7.11 Å². The van der Waals surface area contributed by atoms with Crippen LogP contribution in [0.2, 0.25) is 0 Å². The van der Waals surface area contributed by atoms with Crippen LogP contribution in [0, 0.1) is 0 Å². The van der Waals surface area contributed by atoms with Crippen molar-refractivity contribution >= 4 is 6.03 Å². The first kappa shape index (κ1) is 17.2. The lowest BCUT2D eigenvalue weighted by Gasteiger charge is -2.45. The number of benzene rings is 1. The second-order valence-corrected chi connectivity index (χ2v) is 6.84. The van der Waals surface area contributed by atoms with Gasteiger partial charge in [0.1, 0.15) is 0 Å². The average Bonchev–Trinajstić information content (AvgIpc) is 2.63. The number of nitrogens with one attached hydrogen (secondary N) is 1. The highest BCUT2D eigenvalue weighted by molar-refractivity contribution is 5.74. The Hall–Kier alpha value is -1.59. The Morgan fingerprint density at radius 1 is 1.33 bits per heavy atom. The van der Waals surface area contributed by atoms with E-state index >= 15 is 0 Å². The van der Waals surface area contributed by atoms with Crippen LogP contribution in [-0.2, 0) is 15.9 Å². The molecular weight excluding hydrogens is 304 g/mol. The summed E-state index contributed by atoms with van der Waals surface area (Å²) in [5, 5.41) is 3.03. The highest BCUT2D eigenvalue weighted by atomic mass is 16.5. The van der Waals surface area contributed by atoms with Gasteiger partial charge in [0.25, 0.3) is 0 Å². The maximum absolute atomic E-state index is 12.3. The number of nitrogens with zero attached hydrogens (tertiary/aromatic N) is 1. The van der Waals surface area contributed by atoms with Crippen molar-refractivity contribution < 1.29 is 14.3 Å². The summed E-state index contributed by atoms with van der Waals surface area (Å²) in [4.78, 5) is 14.2. The first-order valence-corrected chi connectivity index (χ1v) is 8.94. The number of methoxy groups -OCH3 is 1. The van der Waals surface area contributed by atoms with Gasteiger partial charge in [-0.15, -0.1) is 0 Å². The third-order valence-corrected chi connectivity index (χ3v) is 5.28. The number of urea groups is 1. The van der Waals surface area contributed by atoms with Crippen LogP contribution in [0.4, 0.5) is 4.79 Å². The van der Waals surface area contributed by atoms with Crippen LogP contribution >= 0.6 is 0 Å². The minimum atomic E-state index is -0.0836. The average molecular weight is 332 g/mol. The van der Waals surface area contributed by atoms with Gasteiger partial charge in [0.05, 0.1) is 11.7 Å². The molecule has 1 unspecified atom stereocenters. The van der Waals surface area contributed by atoms with Crippen molar-refractivity contribution in [2.24, 2.45) is 0 Å². The minimum Gasteiger partial charge on any atom is -0.381 e. The highest BCUT2D eigenvalue weighted by Gasteiger charge is 2.41. The molecule has 24 heavy (non-hydrogen) atoms. The molecule has 5 nitrogen and oxygen atoms in total. The molecule has 2 aliphatic heterocycles. The number of carbonyl (C=O) groups excluding carboxylic acids is 1. The Labute approximate surface area is 144 Å². The van der Waals surface area contributed by atoms with Gasteiger partial charge in [-0.05, 0) is 31.2 Å². The number of hydrogen-bond acceptors (Lipinski definition) is 3. The molecule has 2 aliphatic rings. The van der Waals surface area contributed by atoms with E-state index in [9.17, 15) is 4.79 Å². The van der Waals surface area contributed by atoms with Gasteiger partial charge in [0.2, 0.25) is 0 Å². The van der Waals surface area contributed by atoms with Crippen molar-refractivity contribution in [3.8, 4) is 0 Å². The number of amides is 2. The number of hydrogen-bond donors (Lipinski definition) is 1. The van der Waals surface area contributed by atoms with Crippen molar-refractivity contribution in [2.75, 3.05) is 33.4 Å². The van der Waals surface area contributed by atoms with Crippen LogP contribution < -0.4 is 5.32 Å². The van der Waals surface area contributed by atoms with E-state index in [1.807, 2.05) is 23.1 Å². The minimum absolute atomic E-state index is 0.0416. The number of piperidine rings is 1. The van der Waals surface area contributed by atoms with Crippen LogP contribution in [0.15, 0.2) is 30.3 Å². The lowest BCUT2D eigenvalue weighted by atomic mass is 9.83. The number of rotatable bonds is 4. The maximum atomic E-state index is 12.3. The number of ether oxygens (including phenoxy) is 2. The quantitative estimate of drug-likeness (QED) is 0.922. The first-order chi connectivity index (χ1) is 11.7. The van der Waals surface area contributed by atoms with Gasteiger partial charge in [-0.3, -0.25) is 0 Å². The van der Waals surface area contributed by atoms with Gasteiger partial charge in [0, 0.05) is 39.8 Å². The highest BCUT2D eigenvalue weighted by Crippen LogP contribution is 2.35. The summed E-state index contributed by atoms with van der Waals surface area (Å²) in [6.45, 7) is 2.95. The van der Waals surface area contributed by atoms with E-state index in [2.05, 4.69) is 17.4 Å². The fourth-order valence-electron chi connectivity index (χ4n) is 3.72. The van der Waals surface area contributed by atoms with E-state index in [-0.39, 0.29) is 11.6 Å². The third kappa shape index (κ3) is 4.28. The standard InChI is InChI=1S/C19H28N2O3/c1-23-17-8-14-24-19(15-17)9-12-21(13-10-19)18(22)20-11-7-16-5-3-2-4-6-16/h2-6,17H,7-15H2,1H3,(H,20,22).